The van der Waals surface area contributed by atoms with Crippen molar-refractivity contribution in [3.8, 4) is 0 Å². The van der Waals surface area contributed by atoms with Gasteiger partial charge in [0.2, 0.25) is 0 Å². The van der Waals surface area contributed by atoms with Gasteiger partial charge in [0.25, 0.3) is 0 Å². The van der Waals surface area contributed by atoms with Crippen LogP contribution in [0.4, 0.5) is 4.79 Å². The molecule has 3 rings (SSSR count). The summed E-state index contributed by atoms with van der Waals surface area (Å²) in [6, 6.07) is 21.2. The number of carbonyl (C=O) groups is 1. The lowest BCUT2D eigenvalue weighted by molar-refractivity contribution is 0.0275. The monoisotopic (exact) mass is 355 g/mol. The number of rotatable bonds is 3. The van der Waals surface area contributed by atoms with Crippen LogP contribution in [0.3, 0.4) is 0 Å². The van der Waals surface area contributed by atoms with E-state index < -0.39 is 13.5 Å². The Balaban J connectivity index is 1.94. The van der Waals surface area contributed by atoms with Gasteiger partial charge in [-0.1, -0.05) is 60.7 Å². The molecule has 3 nitrogen and oxygen atoms in total. The summed E-state index contributed by atoms with van der Waals surface area (Å²) in [7, 11) is -0.640. The Labute approximate surface area is 151 Å². The van der Waals surface area contributed by atoms with E-state index in [9.17, 15) is 4.79 Å². The second-order valence-corrected chi connectivity index (χ2v) is 9.71. The largest absolute Gasteiger partial charge is 0.444 e. The summed E-state index contributed by atoms with van der Waals surface area (Å²) < 4.78 is 5.67. The van der Waals surface area contributed by atoms with E-state index in [0.717, 1.165) is 19.4 Å². The third-order valence-corrected chi connectivity index (χ3v) is 7.06. The van der Waals surface area contributed by atoms with Crippen molar-refractivity contribution < 1.29 is 9.53 Å². The summed E-state index contributed by atoms with van der Waals surface area (Å²) in [4.78, 5) is 14.7. The quantitative estimate of drug-likeness (QED) is 0.760. The summed E-state index contributed by atoms with van der Waals surface area (Å²) in [5, 5.41) is 2.62. The Hall–Kier alpha value is -1.86. The molecule has 0 aliphatic carbocycles. The van der Waals surface area contributed by atoms with Gasteiger partial charge < -0.3 is 9.64 Å². The van der Waals surface area contributed by atoms with E-state index >= 15 is 0 Å². The number of likely N-dealkylation sites (tertiary alicyclic amines) is 1. The molecule has 1 saturated heterocycles. The van der Waals surface area contributed by atoms with Gasteiger partial charge in [0.1, 0.15) is 5.60 Å². The fraction of sp³-hybridized carbons (Fsp3) is 0.381. The highest BCUT2D eigenvalue weighted by Crippen LogP contribution is 2.46. The number of benzene rings is 2. The molecule has 0 saturated carbocycles. The fourth-order valence-electron chi connectivity index (χ4n) is 3.22. The third kappa shape index (κ3) is 4.41. The molecule has 1 amide bonds. The molecule has 1 unspecified atom stereocenters. The van der Waals surface area contributed by atoms with Crippen molar-refractivity contribution in [3.05, 3.63) is 60.7 Å². The molecule has 0 aromatic heterocycles. The predicted molar refractivity (Wildman–Crippen MR) is 105 cm³/mol. The molecule has 0 spiro atoms. The lowest BCUT2D eigenvalue weighted by Gasteiger charge is -2.34. The number of nitrogens with zero attached hydrogens (tertiary/aromatic N) is 1. The molecular weight excluding hydrogens is 329 g/mol. The minimum Gasteiger partial charge on any atom is -0.444 e. The number of ether oxygens (including phenoxy) is 1. The minimum atomic E-state index is -0.640. The lowest BCUT2D eigenvalue weighted by Crippen LogP contribution is -2.41. The van der Waals surface area contributed by atoms with Crippen LogP contribution in [0.1, 0.15) is 33.6 Å². The van der Waals surface area contributed by atoms with Gasteiger partial charge in [0.05, 0.1) is 5.78 Å². The highest BCUT2D eigenvalue weighted by molar-refractivity contribution is 7.73. The third-order valence-electron chi connectivity index (χ3n) is 4.22. The standard InChI is InChI=1S/C21H26NO2P/c1-21(2,3)24-20(23)22-16-10-15-19(22)25(17-11-6-4-7-12-17)18-13-8-5-9-14-18/h4-9,11-14,19H,10,15-16H2,1-3H3. The topological polar surface area (TPSA) is 29.5 Å². The molecular formula is C21H26NO2P. The molecule has 1 aliphatic rings. The Kier molecular flexibility index (Phi) is 5.44. The van der Waals surface area contributed by atoms with Crippen LogP contribution in [-0.2, 0) is 4.74 Å². The molecule has 25 heavy (non-hydrogen) atoms. The first kappa shape index (κ1) is 17.9. The Bertz CT molecular complexity index is 657. The molecule has 2 aromatic rings. The minimum absolute atomic E-state index is 0.186. The zero-order valence-corrected chi connectivity index (χ0v) is 16.1. The van der Waals surface area contributed by atoms with Crippen LogP contribution in [0.15, 0.2) is 60.7 Å². The van der Waals surface area contributed by atoms with Crippen molar-refractivity contribution in [2.24, 2.45) is 0 Å². The molecule has 0 radical (unpaired) electrons. The summed E-state index contributed by atoms with van der Waals surface area (Å²) in [6.45, 7) is 6.55. The molecule has 4 heteroatoms. The normalized spacial score (nSPS) is 17.8. The molecule has 1 atom stereocenters. The van der Waals surface area contributed by atoms with Gasteiger partial charge in [-0.3, -0.25) is 0 Å². The molecule has 0 bridgehead atoms. The molecule has 1 heterocycles. The number of amides is 1. The number of hydrogen-bond donors (Lipinski definition) is 0. The maximum atomic E-state index is 12.8. The van der Waals surface area contributed by atoms with Crippen molar-refractivity contribution in [2.75, 3.05) is 6.54 Å². The zero-order chi connectivity index (χ0) is 17.9. The predicted octanol–water partition coefficient (Wildman–Crippen LogP) is 4.48. The lowest BCUT2D eigenvalue weighted by atomic mass is 10.2. The van der Waals surface area contributed by atoms with Gasteiger partial charge in [-0.05, 0) is 52.1 Å². The molecule has 132 valence electrons. The first-order chi connectivity index (χ1) is 12.0. The first-order valence-electron chi connectivity index (χ1n) is 8.85. The molecule has 1 fully saturated rings. The summed E-state index contributed by atoms with van der Waals surface area (Å²) >= 11 is 0. The smallest absolute Gasteiger partial charge is 0.410 e. The maximum Gasteiger partial charge on any atom is 0.410 e. The van der Waals surface area contributed by atoms with Crippen LogP contribution < -0.4 is 10.6 Å². The summed E-state index contributed by atoms with van der Waals surface area (Å²) in [5.41, 5.74) is -0.466. The summed E-state index contributed by atoms with van der Waals surface area (Å²) in [5.74, 6) is 0.189. The van der Waals surface area contributed by atoms with Crippen molar-refractivity contribution >= 4 is 24.6 Å². The van der Waals surface area contributed by atoms with Crippen LogP contribution in [-0.4, -0.2) is 28.9 Å². The van der Waals surface area contributed by atoms with Crippen LogP contribution in [0.5, 0.6) is 0 Å². The fourth-order valence-corrected chi connectivity index (χ4v) is 6.12. The van der Waals surface area contributed by atoms with Gasteiger partial charge in [0, 0.05) is 6.54 Å². The van der Waals surface area contributed by atoms with Gasteiger partial charge >= 0.3 is 6.09 Å². The Morgan fingerprint density at radius 2 is 1.52 bits per heavy atom. The average Bonchev–Trinajstić information content (AvgIpc) is 3.05. The molecule has 0 N–H and O–H groups in total. The van der Waals surface area contributed by atoms with Crippen molar-refractivity contribution in [2.45, 2.75) is 45.0 Å². The van der Waals surface area contributed by atoms with Crippen LogP contribution in [0.2, 0.25) is 0 Å². The highest BCUT2D eigenvalue weighted by Gasteiger charge is 2.38. The van der Waals surface area contributed by atoms with Crippen molar-refractivity contribution in [1.82, 2.24) is 4.90 Å². The van der Waals surface area contributed by atoms with E-state index in [0.29, 0.717) is 0 Å². The van der Waals surface area contributed by atoms with Gasteiger partial charge in [-0.15, -0.1) is 0 Å². The zero-order valence-electron chi connectivity index (χ0n) is 15.2. The van der Waals surface area contributed by atoms with Gasteiger partial charge in [0.15, 0.2) is 0 Å². The SMILES string of the molecule is CC(C)(C)OC(=O)N1CCCC1P(c1ccccc1)c1ccccc1. The van der Waals surface area contributed by atoms with Gasteiger partial charge in [-0.2, -0.15) is 0 Å². The van der Waals surface area contributed by atoms with Crippen molar-refractivity contribution in [1.29, 1.82) is 0 Å². The second-order valence-electron chi connectivity index (χ2n) is 7.34. The Morgan fingerprint density at radius 3 is 2.00 bits per heavy atom. The van der Waals surface area contributed by atoms with E-state index in [4.69, 9.17) is 4.74 Å². The number of carbonyl (C=O) groups excluding carboxylic acids is 1. The Morgan fingerprint density at radius 1 is 1.00 bits per heavy atom. The van der Waals surface area contributed by atoms with E-state index in [2.05, 4.69) is 48.5 Å². The van der Waals surface area contributed by atoms with E-state index in [1.807, 2.05) is 37.8 Å². The van der Waals surface area contributed by atoms with Crippen LogP contribution >= 0.6 is 7.92 Å². The van der Waals surface area contributed by atoms with E-state index in [-0.39, 0.29) is 11.9 Å². The van der Waals surface area contributed by atoms with Gasteiger partial charge in [-0.25, -0.2) is 4.79 Å². The second kappa shape index (κ2) is 7.58. The van der Waals surface area contributed by atoms with Crippen LogP contribution in [0.25, 0.3) is 0 Å². The van der Waals surface area contributed by atoms with Crippen LogP contribution in [0, 0.1) is 0 Å². The first-order valence-corrected chi connectivity index (χ1v) is 10.3. The summed E-state index contributed by atoms with van der Waals surface area (Å²) in [6.07, 6.45) is 1.87. The molecule has 1 aliphatic heterocycles. The average molecular weight is 355 g/mol. The highest BCUT2D eigenvalue weighted by atomic mass is 31.1. The van der Waals surface area contributed by atoms with E-state index in [1.54, 1.807) is 0 Å². The van der Waals surface area contributed by atoms with E-state index in [1.165, 1.54) is 10.6 Å². The molecule has 2 aromatic carbocycles. The van der Waals surface area contributed by atoms with Crippen molar-refractivity contribution in [3.63, 3.8) is 0 Å². The maximum absolute atomic E-state index is 12.8. The number of hydrogen-bond acceptors (Lipinski definition) is 2.